The maximum Gasteiger partial charge on any atom is 0.407 e. The number of benzene rings is 2. The Hall–Kier alpha value is -3.87. The Morgan fingerprint density at radius 1 is 0.974 bits per heavy atom. The van der Waals surface area contributed by atoms with Gasteiger partial charge in [-0.15, -0.1) is 0 Å². The van der Waals surface area contributed by atoms with Crippen LogP contribution in [0.25, 0.3) is 11.1 Å². The number of nitrogens with one attached hydrogen (secondary N) is 1. The summed E-state index contributed by atoms with van der Waals surface area (Å²) in [7, 11) is 0. The average Bonchev–Trinajstić information content (AvgIpc) is 2.92. The van der Waals surface area contributed by atoms with Gasteiger partial charge in [0, 0.05) is 36.5 Å². The van der Waals surface area contributed by atoms with Crippen LogP contribution >= 0.6 is 0 Å². The molecule has 206 valence electrons. The maximum absolute atomic E-state index is 13.9. The summed E-state index contributed by atoms with van der Waals surface area (Å²) >= 11 is 0. The number of rotatable bonds is 8. The van der Waals surface area contributed by atoms with Gasteiger partial charge in [0.05, 0.1) is 0 Å². The lowest BCUT2D eigenvalue weighted by Gasteiger charge is -2.33. The van der Waals surface area contributed by atoms with Crippen LogP contribution < -0.4 is 16.0 Å². The lowest BCUT2D eigenvalue weighted by Crippen LogP contribution is -2.40. The zero-order valence-electron chi connectivity index (χ0n) is 23.2. The highest BCUT2D eigenvalue weighted by atomic mass is 16.6. The van der Waals surface area contributed by atoms with Gasteiger partial charge in [0.2, 0.25) is 5.91 Å². The normalized spacial score (nSPS) is 17.3. The molecule has 1 fully saturated rings. The summed E-state index contributed by atoms with van der Waals surface area (Å²) < 4.78 is 5.36. The standard InChI is InChI=1S/C32H40N4O3/c1-32(2,3)39-31(38)35-21-24-12-14-25(15-13-24)30(37)36(19-18-23-8-5-4-6-9-23)28-11-7-10-26(20-28)27-16-17-29(33)34-22-27/h4-11,16-17,20,22,24-25H,12-15,18-19,21H2,1-3H3,(H2,33,34)(H,35,38). The van der Waals surface area contributed by atoms with Gasteiger partial charge >= 0.3 is 6.09 Å². The van der Waals surface area contributed by atoms with E-state index in [2.05, 4.69) is 28.5 Å². The van der Waals surface area contributed by atoms with E-state index in [9.17, 15) is 9.59 Å². The predicted octanol–water partition coefficient (Wildman–Crippen LogP) is 6.24. The molecule has 39 heavy (non-hydrogen) atoms. The molecule has 0 radical (unpaired) electrons. The van der Waals surface area contributed by atoms with E-state index in [1.54, 1.807) is 12.3 Å². The van der Waals surface area contributed by atoms with E-state index in [0.717, 1.165) is 48.9 Å². The molecule has 0 atom stereocenters. The second kappa shape index (κ2) is 12.8. The Morgan fingerprint density at radius 2 is 1.72 bits per heavy atom. The topological polar surface area (TPSA) is 97.5 Å². The van der Waals surface area contributed by atoms with Gasteiger partial charge in [0.1, 0.15) is 11.4 Å². The number of nitrogen functional groups attached to an aromatic ring is 1. The molecular formula is C32H40N4O3. The summed E-state index contributed by atoms with van der Waals surface area (Å²) in [6, 6.07) is 22.1. The average molecular weight is 529 g/mol. The second-order valence-electron chi connectivity index (χ2n) is 11.3. The number of pyridine rings is 1. The number of nitrogens with two attached hydrogens (primary N) is 1. The number of alkyl carbamates (subject to hydrolysis) is 1. The fraction of sp³-hybridized carbons (Fsp3) is 0.406. The first-order chi connectivity index (χ1) is 18.7. The lowest BCUT2D eigenvalue weighted by molar-refractivity contribution is -0.123. The smallest absolute Gasteiger partial charge is 0.407 e. The van der Waals surface area contributed by atoms with E-state index >= 15 is 0 Å². The molecular weight excluding hydrogens is 488 g/mol. The van der Waals surface area contributed by atoms with Crippen molar-refractivity contribution in [3.8, 4) is 11.1 Å². The summed E-state index contributed by atoms with van der Waals surface area (Å²) in [5.74, 6) is 0.949. The minimum absolute atomic E-state index is 0.0413. The molecule has 1 aliphatic carbocycles. The van der Waals surface area contributed by atoms with Gasteiger partial charge in [-0.2, -0.15) is 0 Å². The van der Waals surface area contributed by atoms with Crippen LogP contribution in [0, 0.1) is 11.8 Å². The minimum Gasteiger partial charge on any atom is -0.444 e. The summed E-state index contributed by atoms with van der Waals surface area (Å²) in [5, 5.41) is 2.90. The number of carbonyl (C=O) groups is 2. The SMILES string of the molecule is CC(C)(C)OC(=O)NCC1CCC(C(=O)N(CCc2ccccc2)c2cccc(-c3ccc(N)nc3)c2)CC1. The summed E-state index contributed by atoms with van der Waals surface area (Å²) in [6.07, 6.45) is 5.56. The molecule has 0 unspecified atom stereocenters. The van der Waals surface area contributed by atoms with Crippen molar-refractivity contribution in [1.29, 1.82) is 0 Å². The van der Waals surface area contributed by atoms with E-state index in [0.29, 0.717) is 24.8 Å². The summed E-state index contributed by atoms with van der Waals surface area (Å²) in [4.78, 5) is 32.2. The fourth-order valence-corrected chi connectivity index (χ4v) is 5.06. The molecule has 0 bridgehead atoms. The van der Waals surface area contributed by atoms with E-state index in [-0.39, 0.29) is 17.9 Å². The number of hydrogen-bond donors (Lipinski definition) is 2. The van der Waals surface area contributed by atoms with Crippen molar-refractivity contribution in [2.75, 3.05) is 23.7 Å². The van der Waals surface area contributed by atoms with Gasteiger partial charge < -0.3 is 20.7 Å². The Balaban J connectivity index is 1.44. The molecule has 7 nitrogen and oxygen atoms in total. The molecule has 1 saturated carbocycles. The van der Waals surface area contributed by atoms with Gasteiger partial charge in [-0.25, -0.2) is 9.78 Å². The van der Waals surface area contributed by atoms with Crippen molar-refractivity contribution >= 4 is 23.5 Å². The Bertz CT molecular complexity index is 1230. The van der Waals surface area contributed by atoms with Gasteiger partial charge in [0.15, 0.2) is 0 Å². The van der Waals surface area contributed by atoms with Crippen LogP contribution in [0.1, 0.15) is 52.0 Å². The zero-order valence-corrected chi connectivity index (χ0v) is 23.2. The Kier molecular flexibility index (Phi) is 9.23. The number of anilines is 2. The number of amides is 2. The van der Waals surface area contributed by atoms with Crippen molar-refractivity contribution < 1.29 is 14.3 Å². The van der Waals surface area contributed by atoms with Crippen molar-refractivity contribution in [3.63, 3.8) is 0 Å². The molecule has 1 aromatic heterocycles. The van der Waals surface area contributed by atoms with Gasteiger partial charge in [-0.1, -0.05) is 42.5 Å². The second-order valence-corrected chi connectivity index (χ2v) is 11.3. The van der Waals surface area contributed by atoms with E-state index in [1.165, 1.54) is 5.56 Å². The van der Waals surface area contributed by atoms with Crippen molar-refractivity contribution in [2.45, 2.75) is 58.5 Å². The Labute approximate surface area is 231 Å². The highest BCUT2D eigenvalue weighted by molar-refractivity contribution is 5.95. The monoisotopic (exact) mass is 528 g/mol. The first-order valence-electron chi connectivity index (χ1n) is 13.8. The molecule has 2 aromatic carbocycles. The zero-order chi connectivity index (χ0) is 27.8. The number of ether oxygens (including phenoxy) is 1. The number of carbonyl (C=O) groups excluding carboxylic acids is 2. The van der Waals surface area contributed by atoms with Crippen LogP contribution in [0.4, 0.5) is 16.3 Å². The van der Waals surface area contributed by atoms with Gasteiger partial charge in [-0.05, 0) is 94.2 Å². The summed E-state index contributed by atoms with van der Waals surface area (Å²) in [6.45, 7) is 6.75. The van der Waals surface area contributed by atoms with E-state index in [1.807, 2.05) is 68.1 Å². The van der Waals surface area contributed by atoms with Crippen LogP contribution in [-0.4, -0.2) is 35.7 Å². The van der Waals surface area contributed by atoms with Crippen molar-refractivity contribution in [1.82, 2.24) is 10.3 Å². The quantitative estimate of drug-likeness (QED) is 0.361. The molecule has 1 aliphatic rings. The largest absolute Gasteiger partial charge is 0.444 e. The van der Waals surface area contributed by atoms with Crippen molar-refractivity contribution in [3.05, 3.63) is 78.5 Å². The predicted molar refractivity (Wildman–Crippen MR) is 156 cm³/mol. The van der Waals surface area contributed by atoms with Crippen LogP contribution in [0.5, 0.6) is 0 Å². The van der Waals surface area contributed by atoms with Crippen molar-refractivity contribution in [2.24, 2.45) is 11.8 Å². The molecule has 3 aromatic rings. The number of hydrogen-bond acceptors (Lipinski definition) is 5. The molecule has 0 spiro atoms. The maximum atomic E-state index is 13.9. The molecule has 2 amide bonds. The molecule has 0 aliphatic heterocycles. The highest BCUT2D eigenvalue weighted by Gasteiger charge is 2.30. The highest BCUT2D eigenvalue weighted by Crippen LogP contribution is 2.32. The Morgan fingerprint density at radius 3 is 2.38 bits per heavy atom. The van der Waals surface area contributed by atoms with Crippen LogP contribution in [0.15, 0.2) is 72.9 Å². The van der Waals surface area contributed by atoms with E-state index < -0.39 is 5.60 Å². The minimum atomic E-state index is -0.515. The molecule has 4 rings (SSSR count). The third-order valence-electron chi connectivity index (χ3n) is 7.14. The van der Waals surface area contributed by atoms with Crippen LogP contribution in [0.3, 0.4) is 0 Å². The molecule has 7 heteroatoms. The fourth-order valence-electron chi connectivity index (χ4n) is 5.06. The van der Waals surface area contributed by atoms with Crippen LogP contribution in [-0.2, 0) is 16.0 Å². The van der Waals surface area contributed by atoms with E-state index in [4.69, 9.17) is 10.5 Å². The third-order valence-corrected chi connectivity index (χ3v) is 7.14. The molecule has 1 heterocycles. The third kappa shape index (κ3) is 8.31. The molecule has 3 N–H and O–H groups in total. The number of nitrogens with zero attached hydrogens (tertiary/aromatic N) is 2. The summed E-state index contributed by atoms with van der Waals surface area (Å²) in [5.41, 5.74) is 9.30. The van der Waals surface area contributed by atoms with Gasteiger partial charge in [0.25, 0.3) is 0 Å². The van der Waals surface area contributed by atoms with Gasteiger partial charge in [-0.3, -0.25) is 4.79 Å². The first kappa shape index (κ1) is 28.1. The lowest BCUT2D eigenvalue weighted by atomic mass is 9.81. The number of aromatic nitrogens is 1. The molecule has 0 saturated heterocycles. The first-order valence-corrected chi connectivity index (χ1v) is 13.8. The van der Waals surface area contributed by atoms with Crippen LogP contribution in [0.2, 0.25) is 0 Å².